The van der Waals surface area contributed by atoms with Gasteiger partial charge in [0.05, 0.1) is 5.75 Å². The Bertz CT molecular complexity index is 449. The number of carbonyl (C=O) groups excluding carboxylic acids is 1. The lowest BCUT2D eigenvalue weighted by Crippen LogP contribution is -2.33. The Balaban J connectivity index is 1.72. The molecular weight excluding hydrogens is 329 g/mol. The molecule has 1 saturated carbocycles. The van der Waals surface area contributed by atoms with Gasteiger partial charge in [0.25, 0.3) is 0 Å². The second-order valence-electron chi connectivity index (χ2n) is 4.78. The summed E-state index contributed by atoms with van der Waals surface area (Å²) in [4.78, 5) is 11.7. The zero-order valence-electron chi connectivity index (χ0n) is 10.6. The molecule has 2 rings (SSSR count). The van der Waals surface area contributed by atoms with Crippen molar-refractivity contribution in [2.24, 2.45) is 0 Å². The summed E-state index contributed by atoms with van der Waals surface area (Å²) in [5, 5.41) is 3.03. The smallest absolute Gasteiger partial charge is 0.230 e. The zero-order chi connectivity index (χ0) is 13.7. The second-order valence-corrected chi connectivity index (χ2v) is 6.68. The average molecular weight is 346 g/mol. The maximum Gasteiger partial charge on any atom is 0.230 e. The van der Waals surface area contributed by atoms with Crippen LogP contribution in [0.4, 0.5) is 4.39 Å². The van der Waals surface area contributed by atoms with E-state index in [1.54, 1.807) is 6.07 Å². The third kappa shape index (κ3) is 4.80. The van der Waals surface area contributed by atoms with E-state index in [2.05, 4.69) is 21.2 Å². The lowest BCUT2D eigenvalue weighted by atomic mass is 10.2. The molecule has 104 valence electrons. The molecule has 0 bridgehead atoms. The van der Waals surface area contributed by atoms with E-state index in [9.17, 15) is 9.18 Å². The SMILES string of the molecule is O=C(CSCc1ccc(Br)cc1F)NC1CCCC1. The summed E-state index contributed by atoms with van der Waals surface area (Å²) in [6.45, 7) is 0. The van der Waals surface area contributed by atoms with E-state index in [-0.39, 0.29) is 11.7 Å². The van der Waals surface area contributed by atoms with Gasteiger partial charge < -0.3 is 5.32 Å². The first kappa shape index (κ1) is 14.9. The predicted octanol–water partition coefficient (Wildman–Crippen LogP) is 3.88. The first-order chi connectivity index (χ1) is 9.15. The number of nitrogens with one attached hydrogen (secondary N) is 1. The monoisotopic (exact) mass is 345 g/mol. The molecule has 0 unspecified atom stereocenters. The number of halogens is 2. The topological polar surface area (TPSA) is 29.1 Å². The molecule has 0 aliphatic heterocycles. The Hall–Kier alpha value is -0.550. The summed E-state index contributed by atoms with van der Waals surface area (Å²) < 4.78 is 14.3. The van der Waals surface area contributed by atoms with Crippen molar-refractivity contribution in [1.29, 1.82) is 0 Å². The molecule has 0 radical (unpaired) electrons. The fourth-order valence-electron chi connectivity index (χ4n) is 2.23. The zero-order valence-corrected chi connectivity index (χ0v) is 13.0. The molecule has 1 aliphatic carbocycles. The van der Waals surface area contributed by atoms with E-state index in [0.29, 0.717) is 23.1 Å². The largest absolute Gasteiger partial charge is 0.353 e. The highest BCUT2D eigenvalue weighted by molar-refractivity contribution is 9.10. The Labute approximate surface area is 125 Å². The van der Waals surface area contributed by atoms with Crippen LogP contribution in [-0.2, 0) is 10.5 Å². The summed E-state index contributed by atoms with van der Waals surface area (Å²) in [5.74, 6) is 0.760. The molecule has 1 aromatic carbocycles. The van der Waals surface area contributed by atoms with Gasteiger partial charge in [0.1, 0.15) is 5.82 Å². The third-order valence-electron chi connectivity index (χ3n) is 3.23. The Morgan fingerprint density at radius 1 is 1.42 bits per heavy atom. The summed E-state index contributed by atoms with van der Waals surface area (Å²) in [6, 6.07) is 5.38. The third-order valence-corrected chi connectivity index (χ3v) is 4.70. The molecule has 0 heterocycles. The number of hydrogen-bond acceptors (Lipinski definition) is 2. The van der Waals surface area contributed by atoms with Crippen LogP contribution in [0.2, 0.25) is 0 Å². The number of hydrogen-bond donors (Lipinski definition) is 1. The van der Waals surface area contributed by atoms with Crippen LogP contribution in [0.25, 0.3) is 0 Å². The van der Waals surface area contributed by atoms with Gasteiger partial charge in [-0.25, -0.2) is 4.39 Å². The van der Waals surface area contributed by atoms with Gasteiger partial charge in [0.2, 0.25) is 5.91 Å². The van der Waals surface area contributed by atoms with Crippen LogP contribution in [0.5, 0.6) is 0 Å². The van der Waals surface area contributed by atoms with Gasteiger partial charge in [-0.2, -0.15) is 0 Å². The Morgan fingerprint density at radius 2 is 2.16 bits per heavy atom. The van der Waals surface area contributed by atoms with Crippen LogP contribution in [0.1, 0.15) is 31.2 Å². The van der Waals surface area contributed by atoms with Gasteiger partial charge in [-0.1, -0.05) is 34.8 Å². The van der Waals surface area contributed by atoms with E-state index >= 15 is 0 Å². The van der Waals surface area contributed by atoms with Crippen molar-refractivity contribution in [2.45, 2.75) is 37.5 Å². The minimum absolute atomic E-state index is 0.0643. The minimum atomic E-state index is -0.224. The van der Waals surface area contributed by atoms with Crippen LogP contribution in [0, 0.1) is 5.82 Å². The molecule has 1 N–H and O–H groups in total. The molecule has 0 atom stereocenters. The molecule has 1 aliphatic rings. The molecular formula is C14H17BrFNOS. The highest BCUT2D eigenvalue weighted by Crippen LogP contribution is 2.20. The van der Waals surface area contributed by atoms with Crippen LogP contribution < -0.4 is 5.32 Å². The van der Waals surface area contributed by atoms with Crippen LogP contribution in [0.15, 0.2) is 22.7 Å². The standard InChI is InChI=1S/C14H17BrFNOS/c15-11-6-5-10(13(16)7-11)8-19-9-14(18)17-12-3-1-2-4-12/h5-7,12H,1-4,8-9H2,(H,17,18). The Morgan fingerprint density at radius 3 is 2.84 bits per heavy atom. The van der Waals surface area contributed by atoms with E-state index in [1.807, 2.05) is 6.07 Å². The van der Waals surface area contributed by atoms with Crippen LogP contribution in [0.3, 0.4) is 0 Å². The van der Waals surface area contributed by atoms with Gasteiger partial charge >= 0.3 is 0 Å². The van der Waals surface area contributed by atoms with Gasteiger partial charge in [0.15, 0.2) is 0 Å². The molecule has 19 heavy (non-hydrogen) atoms. The van der Waals surface area contributed by atoms with Crippen LogP contribution >= 0.6 is 27.7 Å². The van der Waals surface area contributed by atoms with E-state index in [1.165, 1.54) is 30.7 Å². The van der Waals surface area contributed by atoms with E-state index in [0.717, 1.165) is 17.3 Å². The van der Waals surface area contributed by atoms with Crippen molar-refractivity contribution < 1.29 is 9.18 Å². The maximum absolute atomic E-state index is 13.6. The number of benzene rings is 1. The highest BCUT2D eigenvalue weighted by Gasteiger charge is 2.16. The van der Waals surface area contributed by atoms with Crippen molar-refractivity contribution in [1.82, 2.24) is 5.32 Å². The summed E-state index contributed by atoms with van der Waals surface area (Å²) in [5.41, 5.74) is 0.641. The Kier molecular flexibility index (Phi) is 5.70. The number of amides is 1. The molecule has 1 fully saturated rings. The summed E-state index contributed by atoms with van der Waals surface area (Å²) in [7, 11) is 0. The molecule has 0 aromatic heterocycles. The van der Waals surface area contributed by atoms with Gasteiger partial charge in [-0.05, 0) is 30.5 Å². The number of rotatable bonds is 5. The molecule has 5 heteroatoms. The first-order valence-electron chi connectivity index (χ1n) is 6.46. The predicted molar refractivity (Wildman–Crippen MR) is 80.7 cm³/mol. The molecule has 1 aromatic rings. The second kappa shape index (κ2) is 7.29. The molecule has 0 spiro atoms. The normalized spacial score (nSPS) is 15.7. The fraction of sp³-hybridized carbons (Fsp3) is 0.500. The van der Waals surface area contributed by atoms with Gasteiger partial charge in [-0.3, -0.25) is 4.79 Å². The first-order valence-corrected chi connectivity index (χ1v) is 8.41. The van der Waals surface area contributed by atoms with Crippen molar-refractivity contribution in [2.75, 3.05) is 5.75 Å². The number of carbonyl (C=O) groups is 1. The summed E-state index contributed by atoms with van der Waals surface area (Å²) >= 11 is 4.68. The van der Waals surface area contributed by atoms with Gasteiger partial charge in [0, 0.05) is 16.3 Å². The average Bonchev–Trinajstić information content (AvgIpc) is 2.84. The maximum atomic E-state index is 13.6. The molecule has 2 nitrogen and oxygen atoms in total. The van der Waals surface area contributed by atoms with Crippen LogP contribution in [-0.4, -0.2) is 17.7 Å². The number of thioether (sulfide) groups is 1. The lowest BCUT2D eigenvalue weighted by molar-refractivity contribution is -0.119. The molecule has 1 amide bonds. The summed E-state index contributed by atoms with van der Waals surface area (Å²) in [6.07, 6.45) is 4.61. The van der Waals surface area contributed by atoms with Crippen molar-refractivity contribution >= 4 is 33.6 Å². The highest BCUT2D eigenvalue weighted by atomic mass is 79.9. The quantitative estimate of drug-likeness (QED) is 0.877. The van der Waals surface area contributed by atoms with E-state index in [4.69, 9.17) is 0 Å². The van der Waals surface area contributed by atoms with Crippen molar-refractivity contribution in [3.8, 4) is 0 Å². The fourth-order valence-corrected chi connectivity index (χ4v) is 3.39. The van der Waals surface area contributed by atoms with E-state index < -0.39 is 0 Å². The molecule has 0 saturated heterocycles. The van der Waals surface area contributed by atoms with Crippen molar-refractivity contribution in [3.63, 3.8) is 0 Å². The minimum Gasteiger partial charge on any atom is -0.353 e. The lowest BCUT2D eigenvalue weighted by Gasteiger charge is -2.11. The van der Waals surface area contributed by atoms with Gasteiger partial charge in [-0.15, -0.1) is 11.8 Å². The van der Waals surface area contributed by atoms with Crippen molar-refractivity contribution in [3.05, 3.63) is 34.1 Å².